The van der Waals surface area contributed by atoms with E-state index in [1.807, 2.05) is 14.0 Å². The number of thioether (sulfide) groups is 1. The number of nitrogen functional groups attached to an aromatic ring is 1. The number of nitrogens with two attached hydrogens (primary N) is 2. The van der Waals surface area contributed by atoms with Crippen molar-refractivity contribution in [3.05, 3.63) is 29.2 Å². The molecule has 1 saturated heterocycles. The number of nitrogens with zero attached hydrogens (tertiary/aromatic N) is 5. The Morgan fingerprint density at radius 1 is 1.43 bits per heavy atom. The van der Waals surface area contributed by atoms with Crippen LogP contribution in [0.4, 0.5) is 9.52 Å². The molecular weight excluding hydrogens is 531 g/mol. The lowest BCUT2D eigenvalue weighted by Gasteiger charge is -2.49. The largest absolute Gasteiger partial charge is 0.477 e. The lowest BCUT2D eigenvalue weighted by Crippen LogP contribution is -2.71. The van der Waals surface area contributed by atoms with E-state index in [0.717, 1.165) is 16.4 Å². The monoisotopic (exact) mass is 557 g/mol. The molecule has 200 valence electrons. The first-order valence-corrected chi connectivity index (χ1v) is 12.7. The van der Waals surface area contributed by atoms with Crippen LogP contribution in [0.2, 0.25) is 0 Å². The van der Waals surface area contributed by atoms with Gasteiger partial charge in [0.05, 0.1) is 20.1 Å². The van der Waals surface area contributed by atoms with E-state index in [9.17, 15) is 28.7 Å². The number of amides is 3. The summed E-state index contributed by atoms with van der Waals surface area (Å²) in [7, 11) is 1.85. The van der Waals surface area contributed by atoms with E-state index in [4.69, 9.17) is 11.5 Å². The predicted molar refractivity (Wildman–Crippen MR) is 132 cm³/mol. The molecule has 0 saturated carbocycles. The quantitative estimate of drug-likeness (QED) is 0.107. The van der Waals surface area contributed by atoms with Crippen LogP contribution < -0.4 is 16.8 Å². The number of oxime groups is 1. The van der Waals surface area contributed by atoms with Crippen LogP contribution in [-0.4, -0.2) is 104 Å². The number of hydrogen-bond donors (Lipinski definition) is 4. The molecule has 1 aromatic rings. The van der Waals surface area contributed by atoms with Crippen molar-refractivity contribution in [1.29, 1.82) is 0 Å². The molecule has 0 bridgehead atoms. The van der Waals surface area contributed by atoms with Gasteiger partial charge in [0.2, 0.25) is 11.5 Å². The average Bonchev–Trinajstić information content (AvgIpc) is 3.27. The number of β-lactam (4-membered cyclic amide) rings is 1. The Labute approximate surface area is 218 Å². The van der Waals surface area contributed by atoms with E-state index in [2.05, 4.69) is 24.7 Å². The van der Waals surface area contributed by atoms with Gasteiger partial charge in [-0.15, -0.1) is 11.8 Å². The fraction of sp³-hybridized carbons (Fsp3) is 0.450. The van der Waals surface area contributed by atoms with Gasteiger partial charge in [-0.05, 0) is 18.6 Å². The topological polar surface area (TPSA) is 203 Å². The van der Waals surface area contributed by atoms with Gasteiger partial charge in [-0.3, -0.25) is 19.3 Å². The van der Waals surface area contributed by atoms with E-state index >= 15 is 0 Å². The molecule has 37 heavy (non-hydrogen) atoms. The van der Waals surface area contributed by atoms with E-state index < -0.39 is 47.7 Å². The maximum absolute atomic E-state index is 12.9. The van der Waals surface area contributed by atoms with Crippen LogP contribution >= 0.6 is 23.3 Å². The zero-order chi connectivity index (χ0) is 27.3. The number of likely N-dealkylation sites (N-methyl/N-ethyl adjacent to an activating group) is 1. The van der Waals surface area contributed by atoms with Crippen molar-refractivity contribution in [1.82, 2.24) is 19.6 Å². The summed E-state index contributed by atoms with van der Waals surface area (Å²) in [6.45, 7) is 1.78. The fourth-order valence-electron chi connectivity index (χ4n) is 3.72. The maximum atomic E-state index is 12.9. The molecule has 1 fully saturated rings. The number of fused-ring (bicyclic) bond motifs is 1. The minimum Gasteiger partial charge on any atom is -0.477 e. The molecule has 14 nitrogen and oxygen atoms in total. The Bertz CT molecular complexity index is 1190. The molecule has 0 aliphatic carbocycles. The Hall–Kier alpha value is -3.57. The van der Waals surface area contributed by atoms with E-state index in [0.29, 0.717) is 23.1 Å². The fourth-order valence-corrected chi connectivity index (χ4v) is 5.47. The number of nitrogens with one attached hydrogen (secondary N) is 1. The molecule has 0 aromatic carbocycles. The first-order chi connectivity index (χ1) is 17.5. The molecule has 0 radical (unpaired) electrons. The number of allylic oxidation sites excluding steroid dienone is 1. The number of rotatable bonds is 12. The third-order valence-electron chi connectivity index (χ3n) is 5.73. The summed E-state index contributed by atoms with van der Waals surface area (Å²) in [6.07, 6.45) is 3.37. The second-order valence-electron chi connectivity index (χ2n) is 8.32. The first-order valence-electron chi connectivity index (χ1n) is 10.9. The molecule has 17 heteroatoms. The molecule has 0 spiro atoms. The number of aromatic nitrogens is 2. The van der Waals surface area contributed by atoms with E-state index in [-0.39, 0.29) is 29.0 Å². The lowest BCUT2D eigenvalue weighted by atomic mass is 10.0. The smallest absolute Gasteiger partial charge is 0.352 e. The summed E-state index contributed by atoms with van der Waals surface area (Å²) in [6, 6.07) is -1.07. The van der Waals surface area contributed by atoms with Crippen molar-refractivity contribution < 1.29 is 38.0 Å². The number of anilines is 1. The van der Waals surface area contributed by atoms with Crippen LogP contribution in [0.25, 0.3) is 0 Å². The van der Waals surface area contributed by atoms with Crippen LogP contribution in [0.3, 0.4) is 0 Å². The van der Waals surface area contributed by atoms with Gasteiger partial charge < -0.3 is 31.2 Å². The number of primary amides is 1. The van der Waals surface area contributed by atoms with Crippen LogP contribution in [0.5, 0.6) is 0 Å². The number of carbonyl (C=O) groups excluding carboxylic acids is 3. The van der Waals surface area contributed by atoms with Crippen LogP contribution in [0.15, 0.2) is 28.6 Å². The minimum atomic E-state index is -1.31. The Morgan fingerprint density at radius 3 is 2.73 bits per heavy atom. The molecule has 2 aliphatic rings. The Morgan fingerprint density at radius 2 is 2.16 bits per heavy atom. The summed E-state index contributed by atoms with van der Waals surface area (Å²) in [4.78, 5) is 58.4. The molecule has 6 N–H and O–H groups in total. The second-order valence-corrected chi connectivity index (χ2v) is 10.2. The van der Waals surface area contributed by atoms with Crippen molar-refractivity contribution in [3.63, 3.8) is 0 Å². The maximum Gasteiger partial charge on any atom is 0.352 e. The summed E-state index contributed by atoms with van der Waals surface area (Å²) in [5, 5.41) is 15.0. The Balaban J connectivity index is 1.76. The molecule has 1 unspecified atom stereocenters. The van der Waals surface area contributed by atoms with Gasteiger partial charge in [-0.1, -0.05) is 11.2 Å². The van der Waals surface area contributed by atoms with Gasteiger partial charge in [0.15, 0.2) is 11.7 Å². The summed E-state index contributed by atoms with van der Waals surface area (Å²) in [5.41, 5.74) is 10.6. The molecule has 3 atom stereocenters. The zero-order valence-corrected chi connectivity index (χ0v) is 21.6. The zero-order valence-electron chi connectivity index (χ0n) is 19.9. The van der Waals surface area contributed by atoms with E-state index in [1.54, 1.807) is 12.2 Å². The number of carbonyl (C=O) groups is 4. The molecular formula is C20H26FN8O6S2+. The summed E-state index contributed by atoms with van der Waals surface area (Å²) in [5.74, 6) is -3.26. The number of alkyl halides is 1. The second kappa shape index (κ2) is 11.7. The number of carboxylic acid groups (broad SMARTS) is 1. The number of carboxylic acids is 1. The number of halogens is 1. The third kappa shape index (κ3) is 6.23. The van der Waals surface area contributed by atoms with Crippen LogP contribution in [0, 0.1) is 0 Å². The highest BCUT2D eigenvalue weighted by molar-refractivity contribution is 8.00. The Kier molecular flexibility index (Phi) is 8.82. The third-order valence-corrected chi connectivity index (χ3v) is 7.57. The van der Waals surface area contributed by atoms with Crippen molar-refractivity contribution in [2.45, 2.75) is 18.3 Å². The van der Waals surface area contributed by atoms with Gasteiger partial charge in [0.1, 0.15) is 17.1 Å². The van der Waals surface area contributed by atoms with E-state index in [1.165, 1.54) is 11.8 Å². The lowest BCUT2D eigenvalue weighted by molar-refractivity contribution is -0.894. The molecule has 3 rings (SSSR count). The molecule has 2 aliphatic heterocycles. The van der Waals surface area contributed by atoms with Crippen molar-refractivity contribution in [2.24, 2.45) is 10.9 Å². The van der Waals surface area contributed by atoms with Gasteiger partial charge in [0, 0.05) is 17.3 Å². The minimum absolute atomic E-state index is 0.0361. The predicted octanol–water partition coefficient (Wildman–Crippen LogP) is -0.985. The highest BCUT2D eigenvalue weighted by atomic mass is 32.2. The number of aliphatic carboxylic acids is 1. The molecule has 1 aromatic heterocycles. The van der Waals surface area contributed by atoms with Crippen LogP contribution in [0.1, 0.15) is 12.7 Å². The number of quaternary nitrogens is 1. The highest BCUT2D eigenvalue weighted by Gasteiger charge is 2.54. The standard InChI is InChI=1S/C20H25FN8O6S2/c1-3-29(2,7-11(22)30)6-4-5-10-8-36-18-13(17(32)28(18)14(10)19(33)34)24-16(31)12(26-35-9-21)15-25-20(23)37-27-15/h4-5,13,18H,3,6-9H2,1-2H3,(H5-,22,23,24,25,27,30,31,33,34)/p+1/b5-4+,26-12+/t13-,18-,29?/m1/s1. The van der Waals surface area contributed by atoms with Crippen LogP contribution in [-0.2, 0) is 24.0 Å². The van der Waals surface area contributed by atoms with Crippen molar-refractivity contribution in [3.8, 4) is 0 Å². The highest BCUT2D eigenvalue weighted by Crippen LogP contribution is 2.40. The SMILES string of the molecule is CC[N+](C)(C/C=C/C1=C(C(=O)O)N2C(=O)[C@@H](NC(=O)/C(=N/OCF)c3nsc(N)n3)[C@H]2SC1)CC(N)=O. The van der Waals surface area contributed by atoms with Gasteiger partial charge in [-0.25, -0.2) is 9.18 Å². The molecule has 3 amide bonds. The van der Waals surface area contributed by atoms with Crippen molar-refractivity contribution in [2.75, 3.05) is 45.0 Å². The van der Waals surface area contributed by atoms with Gasteiger partial charge in [0.25, 0.3) is 24.6 Å². The number of hydrogen-bond acceptors (Lipinski definition) is 11. The summed E-state index contributed by atoms with van der Waals surface area (Å²) >= 11 is 2.04. The molecule has 3 heterocycles. The first kappa shape index (κ1) is 28.0. The average molecular weight is 558 g/mol. The summed E-state index contributed by atoms with van der Waals surface area (Å²) < 4.78 is 16.7. The normalized spacial score (nSPS) is 21.3. The van der Waals surface area contributed by atoms with Crippen molar-refractivity contribution >= 4 is 57.8 Å². The van der Waals surface area contributed by atoms with Gasteiger partial charge >= 0.3 is 5.97 Å². The van der Waals surface area contributed by atoms with Gasteiger partial charge in [-0.2, -0.15) is 9.36 Å².